The lowest BCUT2D eigenvalue weighted by Gasteiger charge is -2.13. The van der Waals surface area contributed by atoms with Gasteiger partial charge in [0.25, 0.3) is 0 Å². The predicted molar refractivity (Wildman–Crippen MR) is 99.6 cm³/mol. The average Bonchev–Trinajstić information content (AvgIpc) is 3.03. The smallest absolute Gasteiger partial charge is 0.182 e. The van der Waals surface area contributed by atoms with Crippen LogP contribution in [0.2, 0.25) is 5.02 Å². The molecule has 0 atom stereocenters. The summed E-state index contributed by atoms with van der Waals surface area (Å²) < 4.78 is 24.5. The average molecular weight is 372 g/mol. The number of aryl methyl sites for hydroxylation is 1. The number of ether oxygens (including phenoxy) is 2. The van der Waals surface area contributed by atoms with Crippen LogP contribution in [0.3, 0.4) is 0 Å². The number of methoxy groups -OCH3 is 2. The fourth-order valence-electron chi connectivity index (χ4n) is 3.13. The van der Waals surface area contributed by atoms with Crippen LogP contribution in [0, 0.1) is 12.7 Å². The molecule has 0 fully saturated rings. The van der Waals surface area contributed by atoms with Crippen LogP contribution in [0.1, 0.15) is 5.69 Å². The van der Waals surface area contributed by atoms with E-state index in [0.717, 1.165) is 21.9 Å². The SMILES string of the molecule is COc1cc2c(-c3ccc(F)c(Cl)c3)nc3n[nH]c(C)c3c2cc1OC. The molecule has 26 heavy (non-hydrogen) atoms. The molecule has 0 spiro atoms. The maximum atomic E-state index is 13.6. The molecule has 0 aliphatic heterocycles. The van der Waals surface area contributed by atoms with Gasteiger partial charge >= 0.3 is 0 Å². The van der Waals surface area contributed by atoms with E-state index in [-0.39, 0.29) is 5.02 Å². The molecule has 0 unspecified atom stereocenters. The van der Waals surface area contributed by atoms with Crippen molar-refractivity contribution in [2.24, 2.45) is 0 Å². The monoisotopic (exact) mass is 371 g/mol. The van der Waals surface area contributed by atoms with Crippen molar-refractivity contribution in [3.63, 3.8) is 0 Å². The van der Waals surface area contributed by atoms with Gasteiger partial charge in [0.05, 0.1) is 24.9 Å². The summed E-state index contributed by atoms with van der Waals surface area (Å²) in [5.74, 6) is 0.712. The molecule has 0 radical (unpaired) electrons. The Labute approximate surface area is 153 Å². The number of pyridine rings is 1. The van der Waals surface area contributed by atoms with Gasteiger partial charge in [0, 0.05) is 27.4 Å². The molecule has 0 bridgehead atoms. The first-order valence-electron chi connectivity index (χ1n) is 7.89. The Morgan fingerprint density at radius 1 is 1.04 bits per heavy atom. The van der Waals surface area contributed by atoms with Gasteiger partial charge < -0.3 is 9.47 Å². The highest BCUT2D eigenvalue weighted by Gasteiger charge is 2.18. The minimum atomic E-state index is -0.476. The van der Waals surface area contributed by atoms with Gasteiger partial charge in [-0.25, -0.2) is 9.37 Å². The zero-order chi connectivity index (χ0) is 18.4. The second-order valence-corrected chi connectivity index (χ2v) is 6.30. The fourth-order valence-corrected chi connectivity index (χ4v) is 3.31. The number of nitrogens with zero attached hydrogens (tertiary/aromatic N) is 2. The van der Waals surface area contributed by atoms with E-state index in [4.69, 9.17) is 21.1 Å². The summed E-state index contributed by atoms with van der Waals surface area (Å²) in [5.41, 5.74) is 2.80. The normalized spacial score (nSPS) is 11.3. The molecule has 4 rings (SSSR count). The van der Waals surface area contributed by atoms with Gasteiger partial charge in [-0.3, -0.25) is 5.10 Å². The first kappa shape index (κ1) is 16.6. The van der Waals surface area contributed by atoms with Gasteiger partial charge in [-0.2, -0.15) is 5.10 Å². The zero-order valence-corrected chi connectivity index (χ0v) is 15.1. The number of hydrogen-bond donors (Lipinski definition) is 1. The third-order valence-electron chi connectivity index (χ3n) is 4.39. The molecule has 7 heteroatoms. The number of rotatable bonds is 3. The van der Waals surface area contributed by atoms with Gasteiger partial charge in [-0.1, -0.05) is 11.6 Å². The summed E-state index contributed by atoms with van der Waals surface area (Å²) in [6.07, 6.45) is 0. The van der Waals surface area contributed by atoms with Crippen molar-refractivity contribution in [3.05, 3.63) is 46.9 Å². The van der Waals surface area contributed by atoms with Gasteiger partial charge in [-0.05, 0) is 37.3 Å². The van der Waals surface area contributed by atoms with Crippen molar-refractivity contribution in [2.75, 3.05) is 14.2 Å². The molecule has 0 saturated carbocycles. The van der Waals surface area contributed by atoms with E-state index in [9.17, 15) is 4.39 Å². The molecule has 2 aromatic carbocycles. The number of aromatic amines is 1. The lowest BCUT2D eigenvalue weighted by atomic mass is 10.00. The summed E-state index contributed by atoms with van der Waals surface area (Å²) in [7, 11) is 3.16. The minimum absolute atomic E-state index is 0.0382. The van der Waals surface area contributed by atoms with Crippen LogP contribution in [0.4, 0.5) is 4.39 Å². The topological polar surface area (TPSA) is 60.0 Å². The molecule has 0 saturated heterocycles. The maximum absolute atomic E-state index is 13.6. The van der Waals surface area contributed by atoms with Crippen LogP contribution >= 0.6 is 11.6 Å². The number of hydrogen-bond acceptors (Lipinski definition) is 4. The Balaban J connectivity index is 2.15. The largest absolute Gasteiger partial charge is 0.493 e. The van der Waals surface area contributed by atoms with Gasteiger partial charge in [-0.15, -0.1) is 0 Å². The Morgan fingerprint density at radius 3 is 2.38 bits per heavy atom. The molecule has 5 nitrogen and oxygen atoms in total. The quantitative estimate of drug-likeness (QED) is 0.556. The second-order valence-electron chi connectivity index (χ2n) is 5.89. The van der Waals surface area contributed by atoms with Crippen molar-refractivity contribution in [2.45, 2.75) is 6.92 Å². The third-order valence-corrected chi connectivity index (χ3v) is 4.68. The van der Waals surface area contributed by atoms with Crippen molar-refractivity contribution >= 4 is 33.4 Å². The standard InChI is InChI=1S/C19H15ClFN3O2/c1-9-17-11-7-15(25-2)16(26-3)8-12(11)18(22-19(17)24-23-9)10-4-5-14(21)13(20)6-10/h4-8H,1-3H3,(H,22,23,24). The van der Waals surface area contributed by atoms with Crippen LogP contribution in [0.5, 0.6) is 11.5 Å². The molecular weight excluding hydrogens is 357 g/mol. The van der Waals surface area contributed by atoms with E-state index >= 15 is 0 Å². The summed E-state index contributed by atoms with van der Waals surface area (Å²) in [6, 6.07) is 8.28. The number of H-pyrrole nitrogens is 1. The lowest BCUT2D eigenvalue weighted by Crippen LogP contribution is -1.94. The number of fused-ring (bicyclic) bond motifs is 3. The molecular formula is C19H15ClFN3O2. The summed E-state index contributed by atoms with van der Waals surface area (Å²) in [4.78, 5) is 4.68. The predicted octanol–water partition coefficient (Wildman–Crippen LogP) is 4.90. The zero-order valence-electron chi connectivity index (χ0n) is 14.4. The van der Waals surface area contributed by atoms with Crippen molar-refractivity contribution in [1.29, 1.82) is 0 Å². The number of halogens is 2. The first-order chi connectivity index (χ1) is 12.5. The van der Waals surface area contributed by atoms with E-state index in [1.165, 1.54) is 6.07 Å². The molecule has 0 aliphatic rings. The van der Waals surface area contributed by atoms with Gasteiger partial charge in [0.2, 0.25) is 0 Å². The summed E-state index contributed by atoms with van der Waals surface area (Å²) >= 11 is 5.97. The summed E-state index contributed by atoms with van der Waals surface area (Å²) in [5, 5.41) is 9.93. The lowest BCUT2D eigenvalue weighted by molar-refractivity contribution is 0.356. The highest BCUT2D eigenvalue weighted by Crippen LogP contribution is 2.40. The number of aromatic nitrogens is 3. The van der Waals surface area contributed by atoms with E-state index in [0.29, 0.717) is 28.4 Å². The van der Waals surface area contributed by atoms with Gasteiger partial charge in [0.1, 0.15) is 5.82 Å². The van der Waals surface area contributed by atoms with Crippen molar-refractivity contribution in [1.82, 2.24) is 15.2 Å². The maximum Gasteiger partial charge on any atom is 0.182 e. The minimum Gasteiger partial charge on any atom is -0.493 e. The molecule has 1 N–H and O–H groups in total. The Bertz CT molecular complexity index is 1160. The van der Waals surface area contributed by atoms with Crippen LogP contribution in [-0.4, -0.2) is 29.4 Å². The van der Waals surface area contributed by atoms with Crippen molar-refractivity contribution in [3.8, 4) is 22.8 Å². The Morgan fingerprint density at radius 2 is 1.73 bits per heavy atom. The molecule has 4 aromatic rings. The Kier molecular flexibility index (Phi) is 3.92. The molecule has 2 heterocycles. The summed E-state index contributed by atoms with van der Waals surface area (Å²) in [6.45, 7) is 1.93. The van der Waals surface area contributed by atoms with Crippen LogP contribution in [-0.2, 0) is 0 Å². The van der Waals surface area contributed by atoms with Crippen LogP contribution < -0.4 is 9.47 Å². The molecule has 0 aliphatic carbocycles. The van der Waals surface area contributed by atoms with Crippen LogP contribution in [0.25, 0.3) is 33.1 Å². The van der Waals surface area contributed by atoms with Crippen molar-refractivity contribution < 1.29 is 13.9 Å². The van der Waals surface area contributed by atoms with E-state index in [1.807, 2.05) is 19.1 Å². The van der Waals surface area contributed by atoms with Crippen LogP contribution in [0.15, 0.2) is 30.3 Å². The second kappa shape index (κ2) is 6.14. The molecule has 0 amide bonds. The Hall–Kier alpha value is -2.86. The highest BCUT2D eigenvalue weighted by molar-refractivity contribution is 6.31. The van der Waals surface area contributed by atoms with Gasteiger partial charge in [0.15, 0.2) is 17.1 Å². The molecule has 132 valence electrons. The fraction of sp³-hybridized carbons (Fsp3) is 0.158. The highest BCUT2D eigenvalue weighted by atomic mass is 35.5. The third kappa shape index (κ3) is 2.45. The first-order valence-corrected chi connectivity index (χ1v) is 8.27. The number of nitrogens with one attached hydrogen (secondary N) is 1. The van der Waals surface area contributed by atoms with E-state index in [1.54, 1.807) is 26.4 Å². The van der Waals surface area contributed by atoms with E-state index in [2.05, 4.69) is 15.2 Å². The molecule has 2 aromatic heterocycles. The van der Waals surface area contributed by atoms with E-state index < -0.39 is 5.82 Å². The number of benzene rings is 2.